The molecule has 2 atom stereocenters. The van der Waals surface area contributed by atoms with Crippen molar-refractivity contribution in [2.75, 3.05) is 7.11 Å². The van der Waals surface area contributed by atoms with Crippen LogP contribution in [0.25, 0.3) is 0 Å². The van der Waals surface area contributed by atoms with Gasteiger partial charge in [-0.1, -0.05) is 37.6 Å². The van der Waals surface area contributed by atoms with Crippen molar-refractivity contribution in [2.24, 2.45) is 11.8 Å². The van der Waals surface area contributed by atoms with E-state index in [0.717, 1.165) is 0 Å². The van der Waals surface area contributed by atoms with Gasteiger partial charge in [0.1, 0.15) is 5.82 Å². The average Bonchev–Trinajstić information content (AvgIpc) is 2.31. The molecule has 0 saturated carbocycles. The number of esters is 1. The van der Waals surface area contributed by atoms with Crippen LogP contribution in [0.4, 0.5) is 4.39 Å². The summed E-state index contributed by atoms with van der Waals surface area (Å²) in [7, 11) is 1.23. The number of aliphatic hydroxyl groups excluding tert-OH is 1. The Morgan fingerprint density at radius 1 is 1.44 bits per heavy atom. The first-order valence-electron chi connectivity index (χ1n) is 5.60. The van der Waals surface area contributed by atoms with Crippen molar-refractivity contribution in [3.8, 4) is 0 Å². The molecule has 3 nitrogen and oxygen atoms in total. The summed E-state index contributed by atoms with van der Waals surface area (Å²) in [4.78, 5) is 11.6. The molecule has 2 unspecified atom stereocenters. The number of aliphatic hydroxyl groups is 1. The van der Waals surface area contributed by atoms with E-state index in [0.29, 0.717) is 0 Å². The van der Waals surface area contributed by atoms with Gasteiger partial charge in [0.15, 0.2) is 0 Å². The Kier molecular flexibility index (Phi) is 5.11. The Hall–Kier alpha value is -1.13. The fourth-order valence-electron chi connectivity index (χ4n) is 1.84. The van der Waals surface area contributed by atoms with Crippen molar-refractivity contribution >= 4 is 17.6 Å². The van der Waals surface area contributed by atoms with Gasteiger partial charge in [0.2, 0.25) is 0 Å². The number of hydrogen-bond donors (Lipinski definition) is 1. The van der Waals surface area contributed by atoms with Crippen LogP contribution in [0, 0.1) is 17.7 Å². The maximum atomic E-state index is 13.8. The van der Waals surface area contributed by atoms with Crippen molar-refractivity contribution < 1.29 is 19.0 Å². The van der Waals surface area contributed by atoms with Crippen molar-refractivity contribution in [1.82, 2.24) is 0 Å². The molecule has 0 aliphatic rings. The number of hydrogen-bond acceptors (Lipinski definition) is 3. The zero-order valence-corrected chi connectivity index (χ0v) is 11.2. The Balaban J connectivity index is 3.14. The Bertz CT molecular complexity index is 434. The molecule has 0 amide bonds. The summed E-state index contributed by atoms with van der Waals surface area (Å²) in [6, 6.07) is 4.32. The lowest BCUT2D eigenvalue weighted by atomic mass is 9.86. The summed E-state index contributed by atoms with van der Waals surface area (Å²) in [5, 5.41) is 10.1. The maximum Gasteiger partial charge on any atom is 0.311 e. The number of halogens is 2. The first-order valence-corrected chi connectivity index (χ1v) is 5.97. The molecule has 0 aromatic heterocycles. The van der Waals surface area contributed by atoms with E-state index in [1.54, 1.807) is 13.8 Å². The predicted octanol–water partition coefficient (Wildman–Crippen LogP) is 2.96. The summed E-state index contributed by atoms with van der Waals surface area (Å²) < 4.78 is 18.4. The van der Waals surface area contributed by atoms with Gasteiger partial charge >= 0.3 is 5.97 Å². The van der Waals surface area contributed by atoms with Crippen LogP contribution in [0.3, 0.4) is 0 Å². The zero-order valence-electron chi connectivity index (χ0n) is 10.5. The van der Waals surface area contributed by atoms with Gasteiger partial charge in [0, 0.05) is 5.56 Å². The smallest absolute Gasteiger partial charge is 0.311 e. The minimum absolute atomic E-state index is 0.00611. The van der Waals surface area contributed by atoms with Crippen molar-refractivity contribution in [1.29, 1.82) is 0 Å². The molecule has 1 N–H and O–H groups in total. The molecule has 0 aliphatic carbocycles. The van der Waals surface area contributed by atoms with Crippen LogP contribution >= 0.6 is 11.6 Å². The lowest BCUT2D eigenvalue weighted by molar-refractivity contribution is -0.152. The first kappa shape index (κ1) is 14.9. The topological polar surface area (TPSA) is 46.5 Å². The quantitative estimate of drug-likeness (QED) is 0.859. The Morgan fingerprint density at radius 2 is 2.06 bits per heavy atom. The average molecular weight is 275 g/mol. The van der Waals surface area contributed by atoms with E-state index in [2.05, 4.69) is 4.74 Å². The summed E-state index contributed by atoms with van der Waals surface area (Å²) in [5.74, 6) is -2.30. The number of rotatable bonds is 4. The van der Waals surface area contributed by atoms with Gasteiger partial charge in [-0.2, -0.15) is 0 Å². The summed E-state index contributed by atoms with van der Waals surface area (Å²) >= 11 is 5.65. The molecule has 0 heterocycles. The van der Waals surface area contributed by atoms with Gasteiger partial charge in [-0.05, 0) is 12.0 Å². The third kappa shape index (κ3) is 3.00. The molecule has 1 aromatic rings. The van der Waals surface area contributed by atoms with Crippen LogP contribution in [0.1, 0.15) is 25.5 Å². The summed E-state index contributed by atoms with van der Waals surface area (Å²) in [5.41, 5.74) is 0.00611. The number of methoxy groups -OCH3 is 1. The molecule has 18 heavy (non-hydrogen) atoms. The number of carbonyl (C=O) groups is 1. The predicted molar refractivity (Wildman–Crippen MR) is 66.7 cm³/mol. The second-order valence-corrected chi connectivity index (χ2v) is 4.79. The Labute approximate surface area is 111 Å². The molecule has 0 saturated heterocycles. The van der Waals surface area contributed by atoms with E-state index < -0.39 is 23.8 Å². The highest BCUT2D eigenvalue weighted by Crippen LogP contribution is 2.32. The fraction of sp³-hybridized carbons (Fsp3) is 0.462. The molecule has 0 fully saturated rings. The third-order valence-corrected chi connectivity index (χ3v) is 3.12. The molecule has 5 heteroatoms. The lowest BCUT2D eigenvalue weighted by Gasteiger charge is -2.24. The third-order valence-electron chi connectivity index (χ3n) is 2.83. The van der Waals surface area contributed by atoms with Gasteiger partial charge in [-0.25, -0.2) is 4.39 Å². The highest BCUT2D eigenvalue weighted by molar-refractivity contribution is 6.30. The molecular weight excluding hydrogens is 259 g/mol. The number of ether oxygens (including phenoxy) is 1. The van der Waals surface area contributed by atoms with Gasteiger partial charge in [-0.15, -0.1) is 0 Å². The minimum atomic E-state index is -1.28. The van der Waals surface area contributed by atoms with E-state index in [4.69, 9.17) is 11.6 Å². The molecule has 100 valence electrons. The lowest BCUT2D eigenvalue weighted by Crippen LogP contribution is -2.28. The standard InChI is InChI=1S/C13H16ClFO3/c1-7(2)10(13(17)18-3)12(16)8-5-4-6-9(14)11(8)15/h4-7,10,12,16H,1-3H3. The maximum absolute atomic E-state index is 13.8. The monoisotopic (exact) mass is 274 g/mol. The zero-order chi connectivity index (χ0) is 13.9. The first-order chi connectivity index (χ1) is 8.40. The van der Waals surface area contributed by atoms with E-state index in [-0.39, 0.29) is 16.5 Å². The van der Waals surface area contributed by atoms with Crippen LogP contribution in [-0.2, 0) is 9.53 Å². The van der Waals surface area contributed by atoms with Gasteiger partial charge in [-0.3, -0.25) is 4.79 Å². The normalized spacial score (nSPS) is 14.4. The van der Waals surface area contributed by atoms with Gasteiger partial charge in [0.25, 0.3) is 0 Å². The second-order valence-electron chi connectivity index (χ2n) is 4.38. The van der Waals surface area contributed by atoms with Crippen molar-refractivity contribution in [2.45, 2.75) is 20.0 Å². The molecule has 0 radical (unpaired) electrons. The Morgan fingerprint density at radius 3 is 2.56 bits per heavy atom. The van der Waals surface area contributed by atoms with Crippen LogP contribution in [0.5, 0.6) is 0 Å². The SMILES string of the molecule is COC(=O)C(C(C)C)C(O)c1cccc(Cl)c1F. The van der Waals surface area contributed by atoms with E-state index in [9.17, 15) is 14.3 Å². The highest BCUT2D eigenvalue weighted by Gasteiger charge is 2.33. The van der Waals surface area contributed by atoms with Gasteiger partial charge in [0.05, 0.1) is 24.2 Å². The molecular formula is C13H16ClFO3. The van der Waals surface area contributed by atoms with E-state index >= 15 is 0 Å². The second kappa shape index (κ2) is 6.16. The molecule has 1 rings (SSSR count). The van der Waals surface area contributed by atoms with Crippen LogP contribution in [-0.4, -0.2) is 18.2 Å². The summed E-state index contributed by atoms with van der Waals surface area (Å²) in [6.07, 6.45) is -1.28. The van der Waals surface area contributed by atoms with Crippen molar-refractivity contribution in [3.63, 3.8) is 0 Å². The summed E-state index contributed by atoms with van der Waals surface area (Å²) in [6.45, 7) is 3.51. The minimum Gasteiger partial charge on any atom is -0.469 e. The number of benzene rings is 1. The molecule has 0 aliphatic heterocycles. The molecule has 0 bridgehead atoms. The van der Waals surface area contributed by atoms with Crippen molar-refractivity contribution in [3.05, 3.63) is 34.6 Å². The van der Waals surface area contributed by atoms with Crippen LogP contribution in [0.15, 0.2) is 18.2 Å². The van der Waals surface area contributed by atoms with Gasteiger partial charge < -0.3 is 9.84 Å². The van der Waals surface area contributed by atoms with E-state index in [1.165, 1.54) is 25.3 Å². The number of carbonyl (C=O) groups excluding carboxylic acids is 1. The largest absolute Gasteiger partial charge is 0.469 e. The molecule has 1 aromatic carbocycles. The van der Waals surface area contributed by atoms with Crippen LogP contribution < -0.4 is 0 Å². The van der Waals surface area contributed by atoms with Crippen LogP contribution in [0.2, 0.25) is 5.02 Å². The van der Waals surface area contributed by atoms with E-state index in [1.807, 2.05) is 0 Å². The fourth-order valence-corrected chi connectivity index (χ4v) is 2.03. The molecule has 0 spiro atoms. The highest BCUT2D eigenvalue weighted by atomic mass is 35.5.